The van der Waals surface area contributed by atoms with Crippen molar-refractivity contribution < 1.29 is 4.42 Å². The Morgan fingerprint density at radius 1 is 1.25 bits per heavy atom. The molecule has 108 valence electrons. The Hall–Kier alpha value is -0.710. The number of benzene rings is 1. The Labute approximate surface area is 133 Å². The quantitative estimate of drug-likeness (QED) is 0.767. The van der Waals surface area contributed by atoms with Gasteiger partial charge in [0.15, 0.2) is 0 Å². The Kier molecular flexibility index (Phi) is 5.75. The molecule has 0 radical (unpaired) electrons. The molecule has 1 heterocycles. The van der Waals surface area contributed by atoms with Crippen LogP contribution in [-0.2, 0) is 6.54 Å². The van der Waals surface area contributed by atoms with Crippen molar-refractivity contribution in [1.82, 2.24) is 5.32 Å². The number of hydrogen-bond donors (Lipinski definition) is 1. The first kappa shape index (κ1) is 15.7. The maximum atomic E-state index is 5.37. The lowest BCUT2D eigenvalue weighted by Crippen LogP contribution is -2.19. The molecule has 2 aromatic rings. The van der Waals surface area contributed by atoms with Crippen molar-refractivity contribution in [2.24, 2.45) is 5.92 Å². The summed E-state index contributed by atoms with van der Waals surface area (Å²) in [5.41, 5.74) is 1.31. The van der Waals surface area contributed by atoms with Crippen LogP contribution in [0.25, 0.3) is 0 Å². The lowest BCUT2D eigenvalue weighted by atomic mass is 10.2. The Bertz CT molecular complexity index is 565. The highest BCUT2D eigenvalue weighted by molar-refractivity contribution is 9.10. The van der Waals surface area contributed by atoms with E-state index in [2.05, 4.69) is 53.3 Å². The highest BCUT2D eigenvalue weighted by atomic mass is 79.9. The molecule has 1 N–H and O–H groups in total. The third kappa shape index (κ3) is 4.40. The number of halogens is 1. The normalized spacial score (nSPS) is 11.2. The van der Waals surface area contributed by atoms with Gasteiger partial charge in [0.2, 0.25) is 0 Å². The minimum Gasteiger partial charge on any atom is -0.468 e. The molecule has 20 heavy (non-hydrogen) atoms. The summed E-state index contributed by atoms with van der Waals surface area (Å²) in [6, 6.07) is 8.45. The van der Waals surface area contributed by atoms with E-state index in [4.69, 9.17) is 4.42 Å². The van der Waals surface area contributed by atoms with Crippen molar-refractivity contribution in [1.29, 1.82) is 0 Å². The molecule has 0 atom stereocenters. The lowest BCUT2D eigenvalue weighted by molar-refractivity contribution is 0.527. The summed E-state index contributed by atoms with van der Waals surface area (Å²) in [6.45, 7) is 8.35. The molecule has 2 rings (SSSR count). The van der Waals surface area contributed by atoms with Crippen LogP contribution in [0.15, 0.2) is 49.2 Å². The van der Waals surface area contributed by atoms with Crippen LogP contribution in [0.5, 0.6) is 0 Å². The average molecular weight is 354 g/mol. The first-order chi connectivity index (χ1) is 9.56. The molecule has 0 fully saturated rings. The van der Waals surface area contributed by atoms with E-state index in [1.165, 1.54) is 15.4 Å². The van der Waals surface area contributed by atoms with E-state index in [0.29, 0.717) is 5.92 Å². The lowest BCUT2D eigenvalue weighted by Gasteiger charge is -2.12. The molecule has 0 bridgehead atoms. The summed E-state index contributed by atoms with van der Waals surface area (Å²) < 4.78 is 6.48. The molecule has 1 aromatic carbocycles. The van der Waals surface area contributed by atoms with Crippen molar-refractivity contribution in [2.75, 3.05) is 6.54 Å². The molecule has 0 spiro atoms. The summed E-state index contributed by atoms with van der Waals surface area (Å²) in [5, 5.41) is 3.51. The van der Waals surface area contributed by atoms with E-state index >= 15 is 0 Å². The second-order valence-electron chi connectivity index (χ2n) is 5.22. The van der Waals surface area contributed by atoms with Crippen LogP contribution >= 0.6 is 27.7 Å². The van der Waals surface area contributed by atoms with Crippen LogP contribution in [0.3, 0.4) is 0 Å². The molecule has 0 aliphatic rings. The summed E-state index contributed by atoms with van der Waals surface area (Å²) in [7, 11) is 0. The van der Waals surface area contributed by atoms with Crippen LogP contribution < -0.4 is 5.32 Å². The van der Waals surface area contributed by atoms with Gasteiger partial charge in [-0.05, 0) is 49.2 Å². The van der Waals surface area contributed by atoms with Gasteiger partial charge >= 0.3 is 0 Å². The zero-order chi connectivity index (χ0) is 14.5. The van der Waals surface area contributed by atoms with E-state index in [1.54, 1.807) is 18.0 Å². The van der Waals surface area contributed by atoms with Gasteiger partial charge in [-0.2, -0.15) is 0 Å². The van der Waals surface area contributed by atoms with Crippen LogP contribution in [0.1, 0.15) is 25.2 Å². The minimum atomic E-state index is 0.661. The van der Waals surface area contributed by atoms with E-state index in [9.17, 15) is 0 Å². The molecule has 2 nitrogen and oxygen atoms in total. The van der Waals surface area contributed by atoms with E-state index in [-0.39, 0.29) is 0 Å². The standard InChI is InChI=1S/C16H20BrNOS/c1-11(2)9-18-10-13-8-14(17)4-5-16(13)20-15-6-7-19-12(15)3/h4-8,11,18H,9-10H2,1-3H3. The van der Waals surface area contributed by atoms with Crippen molar-refractivity contribution >= 4 is 27.7 Å². The van der Waals surface area contributed by atoms with E-state index in [0.717, 1.165) is 23.3 Å². The molecule has 0 saturated heterocycles. The second kappa shape index (κ2) is 7.34. The van der Waals surface area contributed by atoms with Gasteiger partial charge in [-0.1, -0.05) is 41.5 Å². The fourth-order valence-corrected chi connectivity index (χ4v) is 3.24. The minimum absolute atomic E-state index is 0.661. The highest BCUT2D eigenvalue weighted by Gasteiger charge is 2.09. The Balaban J connectivity index is 2.13. The van der Waals surface area contributed by atoms with Gasteiger partial charge in [0.25, 0.3) is 0 Å². The summed E-state index contributed by atoms with van der Waals surface area (Å²) in [4.78, 5) is 2.45. The van der Waals surface area contributed by atoms with Gasteiger partial charge in [-0.15, -0.1) is 0 Å². The number of aryl methyl sites for hydroxylation is 1. The first-order valence-electron chi connectivity index (χ1n) is 6.77. The van der Waals surface area contributed by atoms with Crippen molar-refractivity contribution in [3.8, 4) is 0 Å². The molecular formula is C16H20BrNOS. The second-order valence-corrected chi connectivity index (χ2v) is 7.22. The molecule has 0 amide bonds. The van der Waals surface area contributed by atoms with Crippen molar-refractivity contribution in [3.63, 3.8) is 0 Å². The van der Waals surface area contributed by atoms with Crippen molar-refractivity contribution in [2.45, 2.75) is 37.1 Å². The summed E-state index contributed by atoms with van der Waals surface area (Å²) >= 11 is 5.31. The van der Waals surface area contributed by atoms with Crippen molar-refractivity contribution in [3.05, 3.63) is 46.3 Å². The topological polar surface area (TPSA) is 25.2 Å². The van der Waals surface area contributed by atoms with E-state index < -0.39 is 0 Å². The first-order valence-corrected chi connectivity index (χ1v) is 8.38. The van der Waals surface area contributed by atoms with Gasteiger partial charge in [-0.25, -0.2) is 0 Å². The predicted molar refractivity (Wildman–Crippen MR) is 88.3 cm³/mol. The van der Waals surface area contributed by atoms with Crippen LogP contribution in [0, 0.1) is 12.8 Å². The number of furan rings is 1. The molecule has 0 aliphatic carbocycles. The fraction of sp³-hybridized carbons (Fsp3) is 0.375. The maximum absolute atomic E-state index is 5.37. The predicted octanol–water partition coefficient (Wildman–Crippen LogP) is 5.25. The number of rotatable bonds is 6. The largest absolute Gasteiger partial charge is 0.468 e. The molecular weight excluding hydrogens is 334 g/mol. The number of hydrogen-bond acceptors (Lipinski definition) is 3. The van der Waals surface area contributed by atoms with Gasteiger partial charge in [-0.3, -0.25) is 0 Å². The monoisotopic (exact) mass is 353 g/mol. The third-order valence-corrected chi connectivity index (χ3v) is 4.68. The van der Waals surface area contributed by atoms with Gasteiger partial charge in [0.1, 0.15) is 5.76 Å². The average Bonchev–Trinajstić information content (AvgIpc) is 2.78. The SMILES string of the molecule is Cc1occc1Sc1ccc(Br)cc1CNCC(C)C. The number of nitrogens with one attached hydrogen (secondary N) is 1. The van der Waals surface area contributed by atoms with Gasteiger partial charge < -0.3 is 9.73 Å². The summed E-state index contributed by atoms with van der Waals surface area (Å²) in [6.07, 6.45) is 1.74. The van der Waals surface area contributed by atoms with Gasteiger partial charge in [0, 0.05) is 15.9 Å². The molecule has 0 unspecified atom stereocenters. The van der Waals surface area contributed by atoms with E-state index in [1.807, 2.05) is 13.0 Å². The maximum Gasteiger partial charge on any atom is 0.114 e. The Morgan fingerprint density at radius 3 is 2.70 bits per heavy atom. The van der Waals surface area contributed by atoms with Crippen LogP contribution in [-0.4, -0.2) is 6.54 Å². The zero-order valence-corrected chi connectivity index (χ0v) is 14.5. The zero-order valence-electron chi connectivity index (χ0n) is 12.1. The van der Waals surface area contributed by atoms with Gasteiger partial charge in [0.05, 0.1) is 11.2 Å². The molecule has 0 saturated carbocycles. The van der Waals surface area contributed by atoms with Crippen LogP contribution in [0.4, 0.5) is 0 Å². The third-order valence-electron chi connectivity index (χ3n) is 2.92. The smallest absolute Gasteiger partial charge is 0.114 e. The molecule has 1 aromatic heterocycles. The molecule has 4 heteroatoms. The van der Waals surface area contributed by atoms with Crippen LogP contribution in [0.2, 0.25) is 0 Å². The molecule has 0 aliphatic heterocycles. The highest BCUT2D eigenvalue weighted by Crippen LogP contribution is 2.34. The summed E-state index contributed by atoms with van der Waals surface area (Å²) in [5.74, 6) is 1.63. The Morgan fingerprint density at radius 2 is 2.05 bits per heavy atom. The fourth-order valence-electron chi connectivity index (χ4n) is 1.88.